The summed E-state index contributed by atoms with van der Waals surface area (Å²) in [5, 5.41) is 6.59. The SMILES string of the molecule is Cc1cc(N2C(=O)NC(C)(C)C2=O)cc(C)c1/C=C/S(O)(O)N1CCC2(CC1)N=C(c1cccc(OC(F)(F)F)c1)NC2=O. The number of benzene rings is 2. The zero-order valence-corrected chi connectivity index (χ0v) is 25.2. The van der Waals surface area contributed by atoms with Gasteiger partial charge >= 0.3 is 12.4 Å². The third-order valence-electron chi connectivity index (χ3n) is 7.87. The predicted molar refractivity (Wildman–Crippen MR) is 159 cm³/mol. The molecule has 3 aliphatic heterocycles. The van der Waals surface area contributed by atoms with Gasteiger partial charge in [0.05, 0.1) is 5.69 Å². The number of aliphatic imine (C=N–C) groups is 1. The standard InChI is InChI=1S/C29H32F3N5O6S/c1-17-14-20(37-25(39)27(3,4)35-26(37)40)15-18(2)22(17)8-13-44(41,42)36-11-9-28(10-12-36)24(38)33-23(34-28)19-6-5-7-21(16-19)43-29(30,31)32/h5-8,13-16,41-42H,9-12H2,1-4H3,(H,35,40)(H,33,34,38)/b13-8+. The Morgan fingerprint density at radius 1 is 1.05 bits per heavy atom. The molecule has 11 nitrogen and oxygen atoms in total. The number of hydrogen-bond donors (Lipinski definition) is 4. The average molecular weight is 636 g/mol. The second-order valence-corrected chi connectivity index (χ2v) is 13.4. The minimum atomic E-state index is -4.87. The maximum Gasteiger partial charge on any atom is 0.573 e. The molecule has 4 amide bonds. The molecule has 0 aliphatic carbocycles. The first-order valence-corrected chi connectivity index (χ1v) is 15.2. The van der Waals surface area contributed by atoms with E-state index in [1.165, 1.54) is 21.8 Å². The highest BCUT2D eigenvalue weighted by molar-refractivity contribution is 8.24. The quantitative estimate of drug-likeness (QED) is 0.324. The van der Waals surface area contributed by atoms with Crippen LogP contribution in [0, 0.1) is 13.8 Å². The van der Waals surface area contributed by atoms with Crippen LogP contribution < -0.4 is 20.3 Å². The van der Waals surface area contributed by atoms with E-state index in [1.54, 1.807) is 45.9 Å². The second-order valence-electron chi connectivity index (χ2n) is 11.5. The van der Waals surface area contributed by atoms with Crippen molar-refractivity contribution in [2.75, 3.05) is 18.0 Å². The Kier molecular flexibility index (Phi) is 7.81. The number of aryl methyl sites for hydroxylation is 2. The molecule has 3 aliphatic rings. The van der Waals surface area contributed by atoms with Crippen LogP contribution in [0.25, 0.3) is 6.08 Å². The maximum atomic E-state index is 13.0. The fourth-order valence-electron chi connectivity index (χ4n) is 5.53. The van der Waals surface area contributed by atoms with Crippen LogP contribution in [0.15, 0.2) is 46.8 Å². The molecule has 15 heteroatoms. The zero-order chi connectivity index (χ0) is 32.2. The number of nitrogens with zero attached hydrogens (tertiary/aromatic N) is 3. The first kappa shape index (κ1) is 31.5. The molecular weight excluding hydrogens is 603 g/mol. The molecule has 2 saturated heterocycles. The van der Waals surface area contributed by atoms with Crippen molar-refractivity contribution in [3.63, 3.8) is 0 Å². The van der Waals surface area contributed by atoms with Crippen LogP contribution in [-0.2, 0) is 9.59 Å². The van der Waals surface area contributed by atoms with Gasteiger partial charge in [-0.3, -0.25) is 23.7 Å². The first-order chi connectivity index (χ1) is 20.4. The Morgan fingerprint density at radius 3 is 2.25 bits per heavy atom. The van der Waals surface area contributed by atoms with Crippen molar-refractivity contribution < 1.29 is 41.4 Å². The van der Waals surface area contributed by atoms with Crippen molar-refractivity contribution in [3.8, 4) is 5.75 Å². The van der Waals surface area contributed by atoms with Gasteiger partial charge in [0.25, 0.3) is 11.8 Å². The molecule has 0 unspecified atom stereocenters. The second kappa shape index (κ2) is 10.9. The summed E-state index contributed by atoms with van der Waals surface area (Å²) in [6.45, 7) is 7.06. The number of imide groups is 1. The molecule has 3 heterocycles. The maximum absolute atomic E-state index is 13.0. The number of carbonyl (C=O) groups excluding carboxylic acids is 3. The fourth-order valence-corrected chi connectivity index (χ4v) is 6.74. The van der Waals surface area contributed by atoms with Gasteiger partial charge in [0.15, 0.2) is 0 Å². The lowest BCUT2D eigenvalue weighted by Crippen LogP contribution is -2.49. The molecular formula is C29H32F3N5O6S. The number of alkyl halides is 3. The lowest BCUT2D eigenvalue weighted by Gasteiger charge is -2.45. The molecule has 1 spiro atoms. The smallest absolute Gasteiger partial charge is 0.406 e. The number of piperidine rings is 1. The van der Waals surface area contributed by atoms with Gasteiger partial charge in [-0.1, -0.05) is 12.1 Å². The third kappa shape index (κ3) is 6.04. The van der Waals surface area contributed by atoms with E-state index in [0.29, 0.717) is 22.4 Å². The lowest BCUT2D eigenvalue weighted by atomic mass is 9.89. The normalized spacial score (nSPS) is 20.7. The topological polar surface area (TPSA) is 144 Å². The molecule has 0 atom stereocenters. The van der Waals surface area contributed by atoms with Gasteiger partial charge in [0.2, 0.25) is 0 Å². The van der Waals surface area contributed by atoms with Gasteiger partial charge in [-0.05, 0) is 87.6 Å². The largest absolute Gasteiger partial charge is 0.573 e. The van der Waals surface area contributed by atoms with Crippen molar-refractivity contribution in [3.05, 3.63) is 64.1 Å². The van der Waals surface area contributed by atoms with Gasteiger partial charge in [0.1, 0.15) is 22.7 Å². The van der Waals surface area contributed by atoms with Gasteiger partial charge in [-0.25, -0.2) is 14.0 Å². The molecule has 236 valence electrons. The number of anilines is 1. The highest BCUT2D eigenvalue weighted by Gasteiger charge is 2.48. The molecule has 5 rings (SSSR count). The van der Waals surface area contributed by atoms with Crippen LogP contribution >= 0.6 is 10.8 Å². The van der Waals surface area contributed by atoms with Crippen molar-refractivity contribution in [1.29, 1.82) is 0 Å². The van der Waals surface area contributed by atoms with Gasteiger partial charge in [0, 0.05) is 24.1 Å². The van der Waals surface area contributed by atoms with E-state index in [1.807, 2.05) is 0 Å². The summed E-state index contributed by atoms with van der Waals surface area (Å²) < 4.78 is 65.4. The van der Waals surface area contributed by atoms with Gasteiger partial charge in [-0.15, -0.1) is 23.9 Å². The third-order valence-corrected chi connectivity index (χ3v) is 9.49. The molecule has 0 radical (unpaired) electrons. The molecule has 4 N–H and O–H groups in total. The Hall–Kier alpha value is -3.92. The number of urea groups is 1. The highest BCUT2D eigenvalue weighted by Crippen LogP contribution is 2.49. The summed E-state index contributed by atoms with van der Waals surface area (Å²) in [7, 11) is -3.41. The van der Waals surface area contributed by atoms with E-state index in [4.69, 9.17) is 0 Å². The van der Waals surface area contributed by atoms with E-state index in [2.05, 4.69) is 20.4 Å². The molecule has 2 fully saturated rings. The number of nitrogens with one attached hydrogen (secondary N) is 2. The van der Waals surface area contributed by atoms with Crippen LogP contribution in [0.2, 0.25) is 0 Å². The number of carbonyl (C=O) groups is 3. The molecule has 2 aromatic carbocycles. The Bertz CT molecular complexity index is 1570. The van der Waals surface area contributed by atoms with Crippen molar-refractivity contribution >= 4 is 46.2 Å². The molecule has 0 bridgehead atoms. The fraction of sp³-hybridized carbons (Fsp3) is 0.379. The average Bonchev–Trinajstić information content (AvgIpc) is 3.33. The number of ether oxygens (including phenoxy) is 1. The Labute approximate surface area is 253 Å². The number of halogens is 3. The predicted octanol–water partition coefficient (Wildman–Crippen LogP) is 5.08. The minimum Gasteiger partial charge on any atom is -0.406 e. The van der Waals surface area contributed by atoms with E-state index < -0.39 is 45.9 Å². The number of hydrogen-bond acceptors (Lipinski definition) is 8. The van der Waals surface area contributed by atoms with Crippen molar-refractivity contribution in [1.82, 2.24) is 14.9 Å². The van der Waals surface area contributed by atoms with E-state index in [-0.39, 0.29) is 43.2 Å². The van der Waals surface area contributed by atoms with Crippen LogP contribution in [0.1, 0.15) is 48.9 Å². The van der Waals surface area contributed by atoms with Crippen LogP contribution in [0.5, 0.6) is 5.75 Å². The molecule has 44 heavy (non-hydrogen) atoms. The zero-order valence-electron chi connectivity index (χ0n) is 24.4. The number of amidine groups is 1. The summed E-state index contributed by atoms with van der Waals surface area (Å²) in [6.07, 6.45) is -2.98. The van der Waals surface area contributed by atoms with Gasteiger partial charge < -0.3 is 15.4 Å². The van der Waals surface area contributed by atoms with Crippen LogP contribution in [-0.4, -0.2) is 67.6 Å². The molecule has 0 saturated carbocycles. The Balaban J connectivity index is 1.28. The highest BCUT2D eigenvalue weighted by atomic mass is 32.3. The summed E-state index contributed by atoms with van der Waals surface area (Å²) in [6, 6.07) is 7.99. The summed E-state index contributed by atoms with van der Waals surface area (Å²) in [4.78, 5) is 43.7. The summed E-state index contributed by atoms with van der Waals surface area (Å²) in [5.74, 6) is -1.12. The van der Waals surface area contributed by atoms with Crippen molar-refractivity contribution in [2.24, 2.45) is 4.99 Å². The Morgan fingerprint density at radius 2 is 1.68 bits per heavy atom. The van der Waals surface area contributed by atoms with Crippen LogP contribution in [0.4, 0.5) is 23.7 Å². The minimum absolute atomic E-state index is 0.118. The number of rotatable bonds is 6. The first-order valence-electron chi connectivity index (χ1n) is 13.7. The summed E-state index contributed by atoms with van der Waals surface area (Å²) >= 11 is 0. The monoisotopic (exact) mass is 635 g/mol. The lowest BCUT2D eigenvalue weighted by molar-refractivity contribution is -0.274. The van der Waals surface area contributed by atoms with E-state index in [9.17, 15) is 36.7 Å². The van der Waals surface area contributed by atoms with Crippen molar-refractivity contribution in [2.45, 2.75) is 58.0 Å². The van der Waals surface area contributed by atoms with E-state index >= 15 is 0 Å². The van der Waals surface area contributed by atoms with Crippen LogP contribution in [0.3, 0.4) is 0 Å². The molecule has 0 aromatic heterocycles. The number of amides is 4. The molecule has 2 aromatic rings. The van der Waals surface area contributed by atoms with E-state index in [0.717, 1.165) is 17.0 Å². The van der Waals surface area contributed by atoms with Gasteiger partial charge in [-0.2, -0.15) is 0 Å². The summed E-state index contributed by atoms with van der Waals surface area (Å²) in [5.41, 5.74) is 0.559.